The summed E-state index contributed by atoms with van der Waals surface area (Å²) in [5.74, 6) is -0.747. The molecule has 0 aliphatic carbocycles. The Labute approximate surface area is 203 Å². The van der Waals surface area contributed by atoms with E-state index >= 15 is 0 Å². The first-order chi connectivity index (χ1) is 16.3. The van der Waals surface area contributed by atoms with Crippen LogP contribution in [0.5, 0.6) is 5.75 Å². The van der Waals surface area contributed by atoms with Gasteiger partial charge in [0, 0.05) is 49.7 Å². The second-order valence-corrected chi connectivity index (χ2v) is 9.06. The van der Waals surface area contributed by atoms with E-state index < -0.39 is 5.91 Å². The number of nitrogens with two attached hydrogens (primary N) is 1. The van der Waals surface area contributed by atoms with E-state index in [2.05, 4.69) is 10.2 Å². The van der Waals surface area contributed by atoms with Crippen LogP contribution in [0.1, 0.15) is 16.8 Å². The zero-order chi connectivity index (χ0) is 24.2. The Morgan fingerprint density at radius 3 is 2.38 bits per heavy atom. The molecular weight excluding hydrogens is 458 g/mol. The SMILES string of the molecule is NC(=O)c1ccc(N2CCN(C(=O)CN3CC[C@@H](C(=O)Nc4ccc(O)c(Cl)c4)C3)CC2)cc1. The van der Waals surface area contributed by atoms with E-state index in [1.807, 2.05) is 21.9 Å². The van der Waals surface area contributed by atoms with Crippen molar-refractivity contribution in [2.24, 2.45) is 11.7 Å². The van der Waals surface area contributed by atoms with E-state index in [1.165, 1.54) is 12.1 Å². The Morgan fingerprint density at radius 1 is 1.03 bits per heavy atom. The van der Waals surface area contributed by atoms with Gasteiger partial charge in [0.05, 0.1) is 17.5 Å². The third kappa shape index (κ3) is 5.60. The maximum absolute atomic E-state index is 12.8. The average Bonchev–Trinajstić information content (AvgIpc) is 3.30. The molecule has 2 heterocycles. The lowest BCUT2D eigenvalue weighted by Crippen LogP contribution is -2.51. The molecular formula is C24H28ClN5O4. The number of primary amides is 1. The molecule has 0 radical (unpaired) electrons. The molecule has 2 aromatic carbocycles. The number of anilines is 2. The normalized spacial score (nSPS) is 18.7. The molecule has 4 rings (SSSR count). The van der Waals surface area contributed by atoms with Crippen LogP contribution in [0.25, 0.3) is 0 Å². The lowest BCUT2D eigenvalue weighted by Gasteiger charge is -2.36. The molecule has 2 aromatic rings. The van der Waals surface area contributed by atoms with Crippen LogP contribution in [-0.2, 0) is 9.59 Å². The van der Waals surface area contributed by atoms with Gasteiger partial charge in [-0.05, 0) is 55.4 Å². The largest absolute Gasteiger partial charge is 0.506 e. The van der Waals surface area contributed by atoms with Gasteiger partial charge in [-0.1, -0.05) is 11.6 Å². The minimum Gasteiger partial charge on any atom is -0.506 e. The maximum atomic E-state index is 12.8. The van der Waals surface area contributed by atoms with Crippen LogP contribution in [0.3, 0.4) is 0 Å². The molecule has 180 valence electrons. The molecule has 0 unspecified atom stereocenters. The van der Waals surface area contributed by atoms with Crippen molar-refractivity contribution in [2.75, 3.05) is 56.0 Å². The van der Waals surface area contributed by atoms with Gasteiger partial charge in [0.25, 0.3) is 0 Å². The number of carbonyl (C=O) groups excluding carboxylic acids is 3. The van der Waals surface area contributed by atoms with Crippen LogP contribution >= 0.6 is 11.6 Å². The van der Waals surface area contributed by atoms with Gasteiger partial charge in [0.1, 0.15) is 5.75 Å². The Bertz CT molecular complexity index is 1070. The zero-order valence-corrected chi connectivity index (χ0v) is 19.5. The number of benzene rings is 2. The molecule has 9 nitrogen and oxygen atoms in total. The third-order valence-corrected chi connectivity index (χ3v) is 6.67. The number of phenols is 1. The fourth-order valence-electron chi connectivity index (χ4n) is 4.36. The number of hydrogen-bond donors (Lipinski definition) is 3. The first-order valence-corrected chi connectivity index (χ1v) is 11.6. The highest BCUT2D eigenvalue weighted by atomic mass is 35.5. The van der Waals surface area contributed by atoms with Gasteiger partial charge in [-0.3, -0.25) is 19.3 Å². The van der Waals surface area contributed by atoms with Gasteiger partial charge in [0.2, 0.25) is 17.7 Å². The van der Waals surface area contributed by atoms with E-state index in [0.29, 0.717) is 63.5 Å². The van der Waals surface area contributed by atoms with Crippen molar-refractivity contribution in [3.05, 3.63) is 53.1 Å². The Hall–Kier alpha value is -3.30. The highest BCUT2D eigenvalue weighted by Gasteiger charge is 2.31. The lowest BCUT2D eigenvalue weighted by molar-refractivity contribution is -0.132. The molecule has 34 heavy (non-hydrogen) atoms. The van der Waals surface area contributed by atoms with Gasteiger partial charge in [-0.2, -0.15) is 0 Å². The van der Waals surface area contributed by atoms with Crippen molar-refractivity contribution in [1.29, 1.82) is 0 Å². The van der Waals surface area contributed by atoms with Gasteiger partial charge in [-0.15, -0.1) is 0 Å². The van der Waals surface area contributed by atoms with Gasteiger partial charge in [-0.25, -0.2) is 0 Å². The second kappa shape index (κ2) is 10.3. The van der Waals surface area contributed by atoms with Crippen molar-refractivity contribution >= 4 is 40.7 Å². The average molecular weight is 486 g/mol. The van der Waals surface area contributed by atoms with Crippen molar-refractivity contribution in [2.45, 2.75) is 6.42 Å². The Balaban J connectivity index is 1.22. The monoisotopic (exact) mass is 485 g/mol. The summed E-state index contributed by atoms with van der Waals surface area (Å²) in [5.41, 5.74) is 7.30. The summed E-state index contributed by atoms with van der Waals surface area (Å²) >= 11 is 5.90. The number of halogens is 1. The summed E-state index contributed by atoms with van der Waals surface area (Å²) in [6, 6.07) is 11.7. The minimum atomic E-state index is -0.451. The van der Waals surface area contributed by atoms with Crippen LogP contribution in [0.2, 0.25) is 5.02 Å². The smallest absolute Gasteiger partial charge is 0.248 e. The molecule has 2 fully saturated rings. The van der Waals surface area contributed by atoms with Gasteiger partial charge < -0.3 is 26.0 Å². The number of phenolic OH excluding ortho intramolecular Hbond substituents is 1. The molecule has 2 saturated heterocycles. The van der Waals surface area contributed by atoms with E-state index in [9.17, 15) is 19.5 Å². The summed E-state index contributed by atoms with van der Waals surface area (Å²) in [6.45, 7) is 4.17. The number of carbonyl (C=O) groups is 3. The number of nitrogens with zero attached hydrogens (tertiary/aromatic N) is 3. The number of rotatable bonds is 6. The number of hydrogen-bond acceptors (Lipinski definition) is 6. The summed E-state index contributed by atoms with van der Waals surface area (Å²) in [6.07, 6.45) is 0.681. The molecule has 0 spiro atoms. The summed E-state index contributed by atoms with van der Waals surface area (Å²) in [7, 11) is 0. The maximum Gasteiger partial charge on any atom is 0.248 e. The fourth-order valence-corrected chi connectivity index (χ4v) is 4.54. The second-order valence-electron chi connectivity index (χ2n) is 8.66. The standard InChI is InChI=1S/C24H28ClN5O4/c25-20-13-18(3-6-21(20)31)27-24(34)17-7-8-28(14-17)15-22(32)30-11-9-29(10-12-30)19-4-1-16(2-5-19)23(26)33/h1-6,13,17,31H,7-12,14-15H2,(H2,26,33)(H,27,34)/t17-/m1/s1. The topological polar surface area (TPSA) is 119 Å². The van der Waals surface area contributed by atoms with Crippen LogP contribution in [-0.4, -0.2) is 78.4 Å². The van der Waals surface area contributed by atoms with E-state index in [4.69, 9.17) is 17.3 Å². The van der Waals surface area contributed by atoms with Crippen molar-refractivity contribution in [1.82, 2.24) is 9.80 Å². The minimum absolute atomic E-state index is 0.0351. The third-order valence-electron chi connectivity index (χ3n) is 6.37. The molecule has 4 N–H and O–H groups in total. The number of aromatic hydroxyl groups is 1. The highest BCUT2D eigenvalue weighted by Crippen LogP contribution is 2.27. The van der Waals surface area contributed by atoms with Crippen LogP contribution in [0.4, 0.5) is 11.4 Å². The van der Waals surface area contributed by atoms with Crippen LogP contribution < -0.4 is 16.0 Å². The molecule has 0 saturated carbocycles. The number of likely N-dealkylation sites (tertiary alicyclic amines) is 1. The predicted molar refractivity (Wildman–Crippen MR) is 130 cm³/mol. The summed E-state index contributed by atoms with van der Waals surface area (Å²) in [5, 5.41) is 12.5. The first kappa shape index (κ1) is 23.8. The number of piperazine rings is 1. The molecule has 0 bridgehead atoms. The molecule has 0 aromatic heterocycles. The summed E-state index contributed by atoms with van der Waals surface area (Å²) < 4.78 is 0. The number of amides is 3. The van der Waals surface area contributed by atoms with Crippen molar-refractivity contribution < 1.29 is 19.5 Å². The van der Waals surface area contributed by atoms with Crippen LogP contribution in [0, 0.1) is 5.92 Å². The lowest BCUT2D eigenvalue weighted by atomic mass is 10.1. The van der Waals surface area contributed by atoms with Crippen LogP contribution in [0.15, 0.2) is 42.5 Å². The fraction of sp³-hybridized carbons (Fsp3) is 0.375. The number of nitrogens with one attached hydrogen (secondary N) is 1. The first-order valence-electron chi connectivity index (χ1n) is 11.2. The molecule has 2 aliphatic heterocycles. The van der Waals surface area contributed by atoms with E-state index in [0.717, 1.165) is 5.69 Å². The van der Waals surface area contributed by atoms with E-state index in [1.54, 1.807) is 18.2 Å². The van der Waals surface area contributed by atoms with Crippen molar-refractivity contribution in [3.8, 4) is 5.75 Å². The van der Waals surface area contributed by atoms with E-state index in [-0.39, 0.29) is 28.5 Å². The Morgan fingerprint density at radius 2 is 1.74 bits per heavy atom. The molecule has 3 amide bonds. The highest BCUT2D eigenvalue weighted by molar-refractivity contribution is 6.32. The van der Waals surface area contributed by atoms with Crippen molar-refractivity contribution in [3.63, 3.8) is 0 Å². The predicted octanol–water partition coefficient (Wildman–Crippen LogP) is 1.75. The zero-order valence-electron chi connectivity index (χ0n) is 18.7. The summed E-state index contributed by atoms with van der Waals surface area (Å²) in [4.78, 5) is 42.7. The Kier molecular flexibility index (Phi) is 7.23. The quantitative estimate of drug-likeness (QED) is 0.536. The molecule has 2 aliphatic rings. The molecule has 10 heteroatoms. The molecule has 1 atom stereocenters. The van der Waals surface area contributed by atoms with Gasteiger partial charge in [0.15, 0.2) is 0 Å². The van der Waals surface area contributed by atoms with Gasteiger partial charge >= 0.3 is 0 Å².